The maximum absolute atomic E-state index is 9.65. The van der Waals surface area contributed by atoms with Gasteiger partial charge in [-0.1, -0.05) is 18.2 Å². The number of hydrogen-bond donors (Lipinski definition) is 2. The van der Waals surface area contributed by atoms with E-state index in [4.69, 9.17) is 4.74 Å². The summed E-state index contributed by atoms with van der Waals surface area (Å²) >= 11 is 0. The highest BCUT2D eigenvalue weighted by Crippen LogP contribution is 2.24. The van der Waals surface area contributed by atoms with Crippen LogP contribution in [0.4, 0.5) is 0 Å². The van der Waals surface area contributed by atoms with E-state index in [1.165, 1.54) is 0 Å². The second kappa shape index (κ2) is 3.46. The zero-order valence-electron chi connectivity index (χ0n) is 7.82. The van der Waals surface area contributed by atoms with Crippen molar-refractivity contribution in [2.75, 3.05) is 7.05 Å². The van der Waals surface area contributed by atoms with Crippen LogP contribution in [0.25, 0.3) is 0 Å². The molecule has 0 aromatic rings. The molecule has 0 aromatic carbocycles. The zero-order valence-corrected chi connectivity index (χ0v) is 7.82. The summed E-state index contributed by atoms with van der Waals surface area (Å²) in [4.78, 5) is 0. The fraction of sp³-hybridized carbons (Fsp3) is 0.0909. The third-order valence-corrected chi connectivity index (χ3v) is 1.99. The van der Waals surface area contributed by atoms with Gasteiger partial charge < -0.3 is 15.2 Å². The van der Waals surface area contributed by atoms with Crippen LogP contribution in [-0.4, -0.2) is 12.2 Å². The molecule has 0 atom stereocenters. The summed E-state index contributed by atoms with van der Waals surface area (Å²) in [6.07, 6.45) is 10.8. The zero-order chi connectivity index (χ0) is 9.97. The first kappa shape index (κ1) is 8.69. The van der Waals surface area contributed by atoms with Gasteiger partial charge in [0.15, 0.2) is 5.76 Å². The lowest BCUT2D eigenvalue weighted by atomic mass is 10.2. The van der Waals surface area contributed by atoms with Crippen LogP contribution in [0, 0.1) is 0 Å². The van der Waals surface area contributed by atoms with E-state index in [1.54, 1.807) is 25.3 Å². The second-order valence-corrected chi connectivity index (χ2v) is 2.93. The van der Waals surface area contributed by atoms with Crippen molar-refractivity contribution in [3.63, 3.8) is 0 Å². The number of aliphatic hydroxyl groups is 1. The van der Waals surface area contributed by atoms with Gasteiger partial charge in [0.2, 0.25) is 0 Å². The number of fused-ring (bicyclic) bond motifs is 2. The average molecular weight is 189 g/mol. The summed E-state index contributed by atoms with van der Waals surface area (Å²) in [6, 6.07) is 0. The van der Waals surface area contributed by atoms with E-state index in [-0.39, 0.29) is 5.76 Å². The molecule has 2 aliphatic rings. The van der Waals surface area contributed by atoms with E-state index in [0.717, 1.165) is 0 Å². The van der Waals surface area contributed by atoms with Crippen molar-refractivity contribution in [3.05, 3.63) is 59.4 Å². The average Bonchev–Trinajstić information content (AvgIpc) is 2.13. The number of rotatable bonds is 1. The van der Waals surface area contributed by atoms with Crippen LogP contribution in [0.15, 0.2) is 59.4 Å². The van der Waals surface area contributed by atoms with Crippen molar-refractivity contribution in [1.29, 1.82) is 0 Å². The molecular formula is C11H11NO2. The van der Waals surface area contributed by atoms with Crippen LogP contribution >= 0.6 is 0 Å². The normalized spacial score (nSPS) is 27.5. The Kier molecular flexibility index (Phi) is 2.14. The summed E-state index contributed by atoms with van der Waals surface area (Å²) in [5.74, 6) is 1.46. The van der Waals surface area contributed by atoms with Gasteiger partial charge >= 0.3 is 0 Å². The van der Waals surface area contributed by atoms with Gasteiger partial charge in [-0.15, -0.1) is 0 Å². The Bertz CT molecular complexity index is 398. The molecule has 0 spiro atoms. The van der Waals surface area contributed by atoms with E-state index in [0.29, 0.717) is 17.2 Å². The molecule has 0 radical (unpaired) electrons. The number of aliphatic hydroxyl groups excluding tert-OH is 1. The molecule has 0 amide bonds. The second-order valence-electron chi connectivity index (χ2n) is 2.93. The van der Waals surface area contributed by atoms with E-state index >= 15 is 0 Å². The molecule has 0 fully saturated rings. The molecule has 2 aliphatic heterocycles. The van der Waals surface area contributed by atoms with Gasteiger partial charge in [0.25, 0.3) is 0 Å². The van der Waals surface area contributed by atoms with Crippen molar-refractivity contribution < 1.29 is 9.84 Å². The van der Waals surface area contributed by atoms with Crippen LogP contribution in [-0.2, 0) is 4.74 Å². The van der Waals surface area contributed by atoms with Crippen molar-refractivity contribution in [3.8, 4) is 0 Å². The Morgan fingerprint density at radius 3 is 2.93 bits per heavy atom. The minimum Gasteiger partial charge on any atom is -0.505 e. The van der Waals surface area contributed by atoms with Crippen LogP contribution in [0.2, 0.25) is 0 Å². The van der Waals surface area contributed by atoms with Crippen molar-refractivity contribution in [1.82, 2.24) is 5.32 Å². The topological polar surface area (TPSA) is 41.5 Å². The van der Waals surface area contributed by atoms with Gasteiger partial charge in [-0.25, -0.2) is 0 Å². The standard InChI is InChI=1S/C11H11NO2/c1-12-11-9(13)7-8-5-3-2-4-6-10(11)14-8/h2-7,12-13H,1H3/b3-2?,4-2-,5-3-,6-4?,8-5?,10-6-. The molecule has 2 rings (SSSR count). The molecule has 3 heteroatoms. The number of ether oxygens (including phenoxy) is 1. The lowest BCUT2D eigenvalue weighted by Gasteiger charge is -2.19. The van der Waals surface area contributed by atoms with Crippen molar-refractivity contribution in [2.45, 2.75) is 0 Å². The minimum absolute atomic E-state index is 0.194. The Morgan fingerprint density at radius 1 is 1.29 bits per heavy atom. The third kappa shape index (κ3) is 1.44. The van der Waals surface area contributed by atoms with Crippen LogP contribution < -0.4 is 5.32 Å². The maximum atomic E-state index is 9.65. The molecule has 2 heterocycles. The Hall–Kier alpha value is -1.90. The van der Waals surface area contributed by atoms with E-state index in [1.807, 2.05) is 18.2 Å². The molecule has 0 unspecified atom stereocenters. The predicted octanol–water partition coefficient (Wildman–Crippen LogP) is 1.90. The number of likely N-dealkylation sites (N-methyl/N-ethyl adjacent to an activating group) is 1. The highest BCUT2D eigenvalue weighted by molar-refractivity contribution is 5.43. The number of allylic oxidation sites excluding steroid dienone is 6. The molecule has 0 saturated carbocycles. The molecule has 0 aromatic heterocycles. The first-order valence-corrected chi connectivity index (χ1v) is 4.37. The van der Waals surface area contributed by atoms with Gasteiger partial charge in [-0.3, -0.25) is 0 Å². The monoisotopic (exact) mass is 189 g/mol. The lowest BCUT2D eigenvalue weighted by molar-refractivity contribution is 0.297. The summed E-state index contributed by atoms with van der Waals surface area (Å²) < 4.78 is 5.50. The minimum atomic E-state index is 0.194. The molecule has 2 bridgehead atoms. The van der Waals surface area contributed by atoms with E-state index in [9.17, 15) is 5.11 Å². The summed E-state index contributed by atoms with van der Waals surface area (Å²) in [7, 11) is 1.74. The van der Waals surface area contributed by atoms with Gasteiger partial charge in [-0.2, -0.15) is 0 Å². The van der Waals surface area contributed by atoms with E-state index in [2.05, 4.69) is 5.32 Å². The van der Waals surface area contributed by atoms with Crippen LogP contribution in [0.1, 0.15) is 0 Å². The van der Waals surface area contributed by atoms with Gasteiger partial charge in [0.1, 0.15) is 17.2 Å². The van der Waals surface area contributed by atoms with Gasteiger partial charge in [0, 0.05) is 13.1 Å². The quantitative estimate of drug-likeness (QED) is 0.662. The highest BCUT2D eigenvalue weighted by Gasteiger charge is 2.17. The Labute approximate surface area is 82.4 Å². The molecule has 0 saturated heterocycles. The van der Waals surface area contributed by atoms with Gasteiger partial charge in [-0.05, 0) is 12.2 Å². The number of nitrogens with one attached hydrogen (secondary N) is 1. The first-order valence-electron chi connectivity index (χ1n) is 4.37. The summed E-state index contributed by atoms with van der Waals surface area (Å²) in [6.45, 7) is 0. The van der Waals surface area contributed by atoms with Gasteiger partial charge in [0.05, 0.1) is 0 Å². The number of hydrogen-bond acceptors (Lipinski definition) is 3. The summed E-state index contributed by atoms with van der Waals surface area (Å²) in [5.41, 5.74) is 0.605. The van der Waals surface area contributed by atoms with Crippen molar-refractivity contribution in [2.24, 2.45) is 0 Å². The SMILES string of the molecule is CNC1=C(O)C=C2\C=C/C=C\C=C\1O2. The molecular weight excluding hydrogens is 178 g/mol. The summed E-state index contributed by atoms with van der Waals surface area (Å²) in [5, 5.41) is 12.5. The maximum Gasteiger partial charge on any atom is 0.154 e. The molecule has 2 N–H and O–H groups in total. The fourth-order valence-electron chi connectivity index (χ4n) is 1.35. The molecule has 3 nitrogen and oxygen atoms in total. The predicted molar refractivity (Wildman–Crippen MR) is 54.2 cm³/mol. The third-order valence-electron chi connectivity index (χ3n) is 1.99. The first-order chi connectivity index (χ1) is 6.81. The Balaban J connectivity index is 2.53. The fourth-order valence-corrected chi connectivity index (χ4v) is 1.35. The smallest absolute Gasteiger partial charge is 0.154 e. The lowest BCUT2D eigenvalue weighted by Crippen LogP contribution is -2.16. The largest absolute Gasteiger partial charge is 0.505 e. The highest BCUT2D eigenvalue weighted by atomic mass is 16.5. The van der Waals surface area contributed by atoms with Crippen LogP contribution in [0.3, 0.4) is 0 Å². The van der Waals surface area contributed by atoms with Crippen molar-refractivity contribution >= 4 is 0 Å². The Morgan fingerprint density at radius 2 is 2.14 bits per heavy atom. The van der Waals surface area contributed by atoms with E-state index < -0.39 is 0 Å². The molecule has 0 aliphatic carbocycles. The molecule has 14 heavy (non-hydrogen) atoms. The van der Waals surface area contributed by atoms with Crippen LogP contribution in [0.5, 0.6) is 0 Å². The molecule has 72 valence electrons.